The molecule has 3 atom stereocenters. The molecule has 0 aromatic rings. The van der Waals surface area contributed by atoms with Crippen LogP contribution in [0.3, 0.4) is 0 Å². The number of rotatable bonds is 1. The van der Waals surface area contributed by atoms with Crippen molar-refractivity contribution < 1.29 is 4.74 Å². The van der Waals surface area contributed by atoms with Gasteiger partial charge in [0.25, 0.3) is 0 Å². The van der Waals surface area contributed by atoms with Crippen LogP contribution < -0.4 is 0 Å². The maximum absolute atomic E-state index is 5.82. The molecule has 2 bridgehead atoms. The molecule has 3 unspecified atom stereocenters. The van der Waals surface area contributed by atoms with Gasteiger partial charge >= 0.3 is 0 Å². The van der Waals surface area contributed by atoms with Gasteiger partial charge < -0.3 is 4.74 Å². The van der Waals surface area contributed by atoms with Gasteiger partial charge in [0.15, 0.2) is 0 Å². The van der Waals surface area contributed by atoms with Crippen LogP contribution >= 0.6 is 0 Å². The molecule has 2 aliphatic rings. The second kappa shape index (κ2) is 2.25. The smallest absolute Gasteiger partial charge is 0.0757 e. The normalized spacial score (nSPS) is 50.0. The molecule has 0 amide bonds. The van der Waals surface area contributed by atoms with Crippen molar-refractivity contribution in [2.24, 2.45) is 17.3 Å². The van der Waals surface area contributed by atoms with E-state index in [4.69, 9.17) is 4.74 Å². The lowest BCUT2D eigenvalue weighted by Crippen LogP contribution is -2.43. The van der Waals surface area contributed by atoms with Gasteiger partial charge in [-0.05, 0) is 36.5 Å². The summed E-state index contributed by atoms with van der Waals surface area (Å²) in [6.07, 6.45) is 4.04. The first-order chi connectivity index (χ1) is 5.54. The van der Waals surface area contributed by atoms with Crippen molar-refractivity contribution in [2.45, 2.75) is 45.6 Å². The maximum atomic E-state index is 5.82. The Morgan fingerprint density at radius 3 is 2.25 bits per heavy atom. The first-order valence-corrected chi connectivity index (χ1v) is 5.10. The zero-order valence-electron chi connectivity index (χ0n) is 8.68. The fourth-order valence-corrected chi connectivity index (χ4v) is 3.89. The zero-order chi connectivity index (χ0) is 8.98. The van der Waals surface area contributed by atoms with Crippen molar-refractivity contribution >= 4 is 0 Å². The lowest BCUT2D eigenvalue weighted by Gasteiger charge is -2.40. The monoisotopic (exact) mass is 168 g/mol. The molecule has 0 N–H and O–H groups in total. The summed E-state index contributed by atoms with van der Waals surface area (Å²) < 4.78 is 5.82. The van der Waals surface area contributed by atoms with Gasteiger partial charge in [-0.25, -0.2) is 0 Å². The molecule has 12 heavy (non-hydrogen) atoms. The molecule has 1 nitrogen and oxygen atoms in total. The highest BCUT2D eigenvalue weighted by atomic mass is 16.5. The van der Waals surface area contributed by atoms with Gasteiger partial charge in [0, 0.05) is 7.11 Å². The van der Waals surface area contributed by atoms with Crippen LogP contribution in [0.1, 0.15) is 40.0 Å². The first kappa shape index (κ1) is 8.55. The van der Waals surface area contributed by atoms with E-state index >= 15 is 0 Å². The van der Waals surface area contributed by atoms with Crippen LogP contribution in [0, 0.1) is 17.3 Å². The van der Waals surface area contributed by atoms with Crippen LogP contribution in [0.5, 0.6) is 0 Å². The van der Waals surface area contributed by atoms with Crippen LogP contribution in [-0.2, 0) is 4.74 Å². The van der Waals surface area contributed by atoms with Crippen LogP contribution in [-0.4, -0.2) is 12.7 Å². The maximum Gasteiger partial charge on any atom is 0.0757 e. The average molecular weight is 168 g/mol. The van der Waals surface area contributed by atoms with E-state index < -0.39 is 0 Å². The molecular formula is C11H20O. The predicted octanol–water partition coefficient (Wildman–Crippen LogP) is 2.85. The molecule has 2 fully saturated rings. The van der Waals surface area contributed by atoms with E-state index in [1.807, 2.05) is 7.11 Å². The van der Waals surface area contributed by atoms with E-state index in [0.717, 1.165) is 11.8 Å². The third-order valence-electron chi connectivity index (χ3n) is 4.77. The van der Waals surface area contributed by atoms with Crippen molar-refractivity contribution in [3.63, 3.8) is 0 Å². The number of ether oxygens (including phenoxy) is 1. The summed E-state index contributed by atoms with van der Waals surface area (Å²) in [5, 5.41) is 0. The lowest BCUT2D eigenvalue weighted by atomic mass is 9.76. The Morgan fingerprint density at radius 2 is 2.00 bits per heavy atom. The third kappa shape index (κ3) is 0.693. The van der Waals surface area contributed by atoms with Gasteiger partial charge in [-0.3, -0.25) is 0 Å². The minimum atomic E-state index is 0.206. The minimum absolute atomic E-state index is 0.206. The highest BCUT2D eigenvalue weighted by Crippen LogP contribution is 2.64. The zero-order valence-corrected chi connectivity index (χ0v) is 8.68. The molecule has 2 saturated carbocycles. The van der Waals surface area contributed by atoms with Crippen LogP contribution in [0.15, 0.2) is 0 Å². The molecule has 0 aromatic heterocycles. The Morgan fingerprint density at radius 1 is 1.33 bits per heavy atom. The van der Waals surface area contributed by atoms with E-state index in [1.165, 1.54) is 19.3 Å². The van der Waals surface area contributed by atoms with Crippen molar-refractivity contribution in [3.8, 4) is 0 Å². The Bertz CT molecular complexity index is 197. The summed E-state index contributed by atoms with van der Waals surface area (Å²) in [4.78, 5) is 0. The van der Waals surface area contributed by atoms with Gasteiger partial charge in [0.05, 0.1) is 5.60 Å². The van der Waals surface area contributed by atoms with Gasteiger partial charge in [0.2, 0.25) is 0 Å². The molecule has 70 valence electrons. The largest absolute Gasteiger partial charge is 0.377 e. The first-order valence-electron chi connectivity index (χ1n) is 5.10. The fraction of sp³-hybridized carbons (Fsp3) is 1.00. The molecule has 2 aliphatic carbocycles. The predicted molar refractivity (Wildman–Crippen MR) is 50.0 cm³/mol. The fourth-order valence-electron chi connectivity index (χ4n) is 3.89. The highest BCUT2D eigenvalue weighted by molar-refractivity contribution is 5.13. The van der Waals surface area contributed by atoms with E-state index in [-0.39, 0.29) is 5.60 Å². The van der Waals surface area contributed by atoms with E-state index in [0.29, 0.717) is 5.41 Å². The van der Waals surface area contributed by atoms with Crippen LogP contribution in [0.2, 0.25) is 0 Å². The van der Waals surface area contributed by atoms with Crippen molar-refractivity contribution in [2.75, 3.05) is 7.11 Å². The standard InChI is InChI=1S/C11H20O/c1-8-7-9-5-6-11(8,12-4)10(9,2)3/h8-9H,5-7H2,1-4H3. The summed E-state index contributed by atoms with van der Waals surface area (Å²) >= 11 is 0. The number of hydrogen-bond acceptors (Lipinski definition) is 1. The minimum Gasteiger partial charge on any atom is -0.377 e. The topological polar surface area (TPSA) is 9.23 Å². The molecule has 0 aromatic carbocycles. The molecular weight excluding hydrogens is 148 g/mol. The number of methoxy groups -OCH3 is 1. The molecule has 0 saturated heterocycles. The van der Waals surface area contributed by atoms with Crippen LogP contribution in [0.4, 0.5) is 0 Å². The Hall–Kier alpha value is -0.0400. The molecule has 2 rings (SSSR count). The SMILES string of the molecule is COC12CCC(CC1C)C2(C)C. The highest BCUT2D eigenvalue weighted by Gasteiger charge is 2.63. The molecule has 0 radical (unpaired) electrons. The summed E-state index contributed by atoms with van der Waals surface area (Å²) in [5.74, 6) is 1.67. The Kier molecular flexibility index (Phi) is 1.61. The van der Waals surface area contributed by atoms with Gasteiger partial charge in [-0.2, -0.15) is 0 Å². The van der Waals surface area contributed by atoms with Crippen molar-refractivity contribution in [1.29, 1.82) is 0 Å². The average Bonchev–Trinajstić information content (AvgIpc) is 2.36. The molecule has 0 spiro atoms. The summed E-state index contributed by atoms with van der Waals surface area (Å²) in [6, 6.07) is 0. The Balaban J connectivity index is 2.39. The second-order valence-corrected chi connectivity index (χ2v) is 5.19. The number of hydrogen-bond donors (Lipinski definition) is 0. The Labute approximate surface area is 75.5 Å². The van der Waals surface area contributed by atoms with Gasteiger partial charge in [0.1, 0.15) is 0 Å². The summed E-state index contributed by atoms with van der Waals surface area (Å²) in [5.41, 5.74) is 0.624. The van der Waals surface area contributed by atoms with E-state index in [1.54, 1.807) is 0 Å². The summed E-state index contributed by atoms with van der Waals surface area (Å²) in [6.45, 7) is 7.12. The van der Waals surface area contributed by atoms with Gasteiger partial charge in [-0.1, -0.05) is 20.8 Å². The van der Waals surface area contributed by atoms with Crippen molar-refractivity contribution in [1.82, 2.24) is 0 Å². The molecule has 0 aliphatic heterocycles. The number of fused-ring (bicyclic) bond motifs is 2. The van der Waals surface area contributed by atoms with Crippen molar-refractivity contribution in [3.05, 3.63) is 0 Å². The molecule has 0 heterocycles. The second-order valence-electron chi connectivity index (χ2n) is 5.19. The quantitative estimate of drug-likeness (QED) is 0.585. The van der Waals surface area contributed by atoms with E-state index in [9.17, 15) is 0 Å². The summed E-state index contributed by atoms with van der Waals surface area (Å²) in [7, 11) is 1.89. The van der Waals surface area contributed by atoms with E-state index in [2.05, 4.69) is 20.8 Å². The third-order valence-corrected chi connectivity index (χ3v) is 4.77. The van der Waals surface area contributed by atoms with Gasteiger partial charge in [-0.15, -0.1) is 0 Å². The molecule has 1 heteroatoms. The lowest BCUT2D eigenvalue weighted by molar-refractivity contribution is -0.0938. The van der Waals surface area contributed by atoms with Crippen LogP contribution in [0.25, 0.3) is 0 Å².